The SMILES string of the molecule is CCCN(CCC)c1c(C)nc(-c2ccc(Cl)cc2OC)nc1OC. The van der Waals surface area contributed by atoms with Gasteiger partial charge in [-0.15, -0.1) is 0 Å². The predicted molar refractivity (Wildman–Crippen MR) is 103 cm³/mol. The molecule has 0 amide bonds. The van der Waals surface area contributed by atoms with Crippen molar-refractivity contribution >= 4 is 17.3 Å². The van der Waals surface area contributed by atoms with Gasteiger partial charge in [0, 0.05) is 18.1 Å². The number of methoxy groups -OCH3 is 2. The van der Waals surface area contributed by atoms with E-state index in [1.54, 1.807) is 26.4 Å². The van der Waals surface area contributed by atoms with Crippen LogP contribution in [-0.2, 0) is 0 Å². The second-order valence-electron chi connectivity index (χ2n) is 5.82. The minimum atomic E-state index is 0.569. The van der Waals surface area contributed by atoms with Crippen LogP contribution in [-0.4, -0.2) is 37.3 Å². The van der Waals surface area contributed by atoms with Crippen molar-refractivity contribution < 1.29 is 9.47 Å². The highest BCUT2D eigenvalue weighted by Crippen LogP contribution is 2.35. The molecule has 0 aliphatic heterocycles. The van der Waals surface area contributed by atoms with Crippen molar-refractivity contribution in [3.63, 3.8) is 0 Å². The zero-order valence-electron chi connectivity index (χ0n) is 15.6. The molecule has 25 heavy (non-hydrogen) atoms. The zero-order chi connectivity index (χ0) is 18.4. The van der Waals surface area contributed by atoms with Crippen LogP contribution in [0.5, 0.6) is 11.6 Å². The quantitative estimate of drug-likeness (QED) is 0.677. The van der Waals surface area contributed by atoms with E-state index < -0.39 is 0 Å². The summed E-state index contributed by atoms with van der Waals surface area (Å²) < 4.78 is 11.0. The van der Waals surface area contributed by atoms with E-state index in [2.05, 4.69) is 23.7 Å². The lowest BCUT2D eigenvalue weighted by atomic mass is 10.1. The third-order valence-electron chi connectivity index (χ3n) is 3.93. The number of ether oxygens (including phenoxy) is 2. The number of benzene rings is 1. The molecule has 0 radical (unpaired) electrons. The highest BCUT2D eigenvalue weighted by molar-refractivity contribution is 6.30. The van der Waals surface area contributed by atoms with Gasteiger partial charge in [0.1, 0.15) is 11.4 Å². The van der Waals surface area contributed by atoms with E-state index in [1.807, 2.05) is 13.0 Å². The van der Waals surface area contributed by atoms with E-state index in [4.69, 9.17) is 26.1 Å². The number of hydrogen-bond donors (Lipinski definition) is 0. The standard InChI is InChI=1S/C19H26ClN3O2/c1-6-10-23(11-7-2)17-13(3)21-18(22-19(17)25-5)15-9-8-14(20)12-16(15)24-4/h8-9,12H,6-7,10-11H2,1-5H3. The van der Waals surface area contributed by atoms with E-state index >= 15 is 0 Å². The van der Waals surface area contributed by atoms with Crippen molar-refractivity contribution in [3.8, 4) is 23.0 Å². The van der Waals surface area contributed by atoms with Crippen molar-refractivity contribution in [2.75, 3.05) is 32.2 Å². The summed E-state index contributed by atoms with van der Waals surface area (Å²) >= 11 is 6.06. The summed E-state index contributed by atoms with van der Waals surface area (Å²) in [5, 5.41) is 0.609. The van der Waals surface area contributed by atoms with Crippen LogP contribution in [0.1, 0.15) is 32.4 Å². The molecular formula is C19H26ClN3O2. The molecular weight excluding hydrogens is 338 g/mol. The summed E-state index contributed by atoms with van der Waals surface area (Å²) in [6.07, 6.45) is 2.10. The summed E-state index contributed by atoms with van der Waals surface area (Å²) in [4.78, 5) is 11.7. The van der Waals surface area contributed by atoms with Gasteiger partial charge >= 0.3 is 0 Å². The number of aryl methyl sites for hydroxylation is 1. The Labute approximate surface area is 155 Å². The predicted octanol–water partition coefficient (Wildman–Crippen LogP) is 4.75. The summed E-state index contributed by atoms with van der Waals surface area (Å²) in [6, 6.07) is 5.43. The molecule has 136 valence electrons. The van der Waals surface area contributed by atoms with Gasteiger partial charge in [-0.1, -0.05) is 25.4 Å². The fourth-order valence-electron chi connectivity index (χ4n) is 2.89. The van der Waals surface area contributed by atoms with E-state index in [-0.39, 0.29) is 0 Å². The molecule has 0 saturated heterocycles. The number of aromatic nitrogens is 2. The van der Waals surface area contributed by atoms with Gasteiger partial charge in [0.15, 0.2) is 5.82 Å². The largest absolute Gasteiger partial charge is 0.496 e. The number of hydrogen-bond acceptors (Lipinski definition) is 5. The Bertz CT molecular complexity index is 716. The third kappa shape index (κ3) is 4.34. The molecule has 0 saturated carbocycles. The molecule has 0 N–H and O–H groups in total. The summed E-state index contributed by atoms with van der Waals surface area (Å²) in [6.45, 7) is 8.20. The minimum Gasteiger partial charge on any atom is -0.496 e. The molecule has 0 atom stereocenters. The Morgan fingerprint density at radius 1 is 1.04 bits per heavy atom. The van der Waals surface area contributed by atoms with Crippen LogP contribution in [0.2, 0.25) is 5.02 Å². The second kappa shape index (κ2) is 8.90. The van der Waals surface area contributed by atoms with Gasteiger partial charge in [0.2, 0.25) is 5.88 Å². The third-order valence-corrected chi connectivity index (χ3v) is 4.16. The highest BCUT2D eigenvalue weighted by Gasteiger charge is 2.20. The summed E-state index contributed by atoms with van der Waals surface area (Å²) in [5.74, 6) is 1.79. The summed E-state index contributed by atoms with van der Waals surface area (Å²) in [7, 11) is 3.25. The highest BCUT2D eigenvalue weighted by atomic mass is 35.5. The Hall–Kier alpha value is -2.01. The lowest BCUT2D eigenvalue weighted by Gasteiger charge is -2.26. The maximum Gasteiger partial charge on any atom is 0.241 e. The first-order chi connectivity index (χ1) is 12.0. The molecule has 0 aliphatic rings. The van der Waals surface area contributed by atoms with Crippen LogP contribution < -0.4 is 14.4 Å². The van der Waals surface area contributed by atoms with Crippen LogP contribution in [0.3, 0.4) is 0 Å². The summed E-state index contributed by atoms with van der Waals surface area (Å²) in [5.41, 5.74) is 2.64. The molecule has 2 rings (SSSR count). The van der Waals surface area contributed by atoms with E-state index in [1.165, 1.54) is 0 Å². The van der Waals surface area contributed by atoms with Gasteiger partial charge in [-0.2, -0.15) is 4.98 Å². The van der Waals surface area contributed by atoms with Crippen molar-refractivity contribution in [3.05, 3.63) is 28.9 Å². The van der Waals surface area contributed by atoms with Crippen molar-refractivity contribution in [2.45, 2.75) is 33.6 Å². The average molecular weight is 364 g/mol. The van der Waals surface area contributed by atoms with Gasteiger partial charge in [-0.05, 0) is 38.0 Å². The first kappa shape index (κ1) is 19.3. The second-order valence-corrected chi connectivity index (χ2v) is 6.26. The Kier molecular flexibility index (Phi) is 6.88. The van der Waals surface area contributed by atoms with Gasteiger partial charge in [-0.25, -0.2) is 4.98 Å². The fourth-order valence-corrected chi connectivity index (χ4v) is 3.05. The maximum atomic E-state index is 6.06. The molecule has 0 fully saturated rings. The molecule has 0 aliphatic carbocycles. The Balaban J connectivity index is 2.56. The lowest BCUT2D eigenvalue weighted by molar-refractivity contribution is 0.395. The minimum absolute atomic E-state index is 0.569. The number of anilines is 1. The Morgan fingerprint density at radius 2 is 1.72 bits per heavy atom. The molecule has 5 nitrogen and oxygen atoms in total. The molecule has 0 unspecified atom stereocenters. The van der Waals surface area contributed by atoms with Gasteiger partial charge in [0.05, 0.1) is 25.5 Å². The van der Waals surface area contributed by atoms with E-state index in [0.717, 1.165) is 42.9 Å². The molecule has 1 heterocycles. The van der Waals surface area contributed by atoms with Crippen LogP contribution in [0.15, 0.2) is 18.2 Å². The lowest BCUT2D eigenvalue weighted by Crippen LogP contribution is -2.27. The molecule has 1 aromatic heterocycles. The monoisotopic (exact) mass is 363 g/mol. The normalized spacial score (nSPS) is 10.6. The van der Waals surface area contributed by atoms with Crippen LogP contribution in [0, 0.1) is 6.92 Å². The number of rotatable bonds is 8. The van der Waals surface area contributed by atoms with Gasteiger partial charge < -0.3 is 14.4 Å². The van der Waals surface area contributed by atoms with Crippen molar-refractivity contribution in [1.29, 1.82) is 0 Å². The van der Waals surface area contributed by atoms with Gasteiger partial charge in [-0.3, -0.25) is 0 Å². The smallest absolute Gasteiger partial charge is 0.241 e. The number of halogens is 1. The zero-order valence-corrected chi connectivity index (χ0v) is 16.4. The van der Waals surface area contributed by atoms with Crippen molar-refractivity contribution in [1.82, 2.24) is 9.97 Å². The van der Waals surface area contributed by atoms with Crippen LogP contribution in [0.4, 0.5) is 5.69 Å². The number of nitrogens with zero attached hydrogens (tertiary/aromatic N) is 3. The molecule has 0 bridgehead atoms. The van der Waals surface area contributed by atoms with Gasteiger partial charge in [0.25, 0.3) is 0 Å². The first-order valence-electron chi connectivity index (χ1n) is 8.57. The maximum absolute atomic E-state index is 6.06. The van der Waals surface area contributed by atoms with Crippen LogP contribution in [0.25, 0.3) is 11.4 Å². The Morgan fingerprint density at radius 3 is 2.28 bits per heavy atom. The first-order valence-corrected chi connectivity index (χ1v) is 8.94. The molecule has 0 spiro atoms. The average Bonchev–Trinajstić information content (AvgIpc) is 2.60. The fraction of sp³-hybridized carbons (Fsp3) is 0.474. The van der Waals surface area contributed by atoms with E-state index in [9.17, 15) is 0 Å². The van der Waals surface area contributed by atoms with Crippen molar-refractivity contribution in [2.24, 2.45) is 0 Å². The van der Waals surface area contributed by atoms with Crippen LogP contribution >= 0.6 is 11.6 Å². The molecule has 2 aromatic rings. The topological polar surface area (TPSA) is 47.5 Å². The molecule has 6 heteroatoms. The van der Waals surface area contributed by atoms with E-state index in [0.29, 0.717) is 22.5 Å². The molecule has 1 aromatic carbocycles.